The Morgan fingerprint density at radius 2 is 2.05 bits per heavy atom. The van der Waals surface area contributed by atoms with Gasteiger partial charge in [-0.15, -0.1) is 0 Å². The van der Waals surface area contributed by atoms with Gasteiger partial charge in [-0.25, -0.2) is 4.79 Å². The van der Waals surface area contributed by atoms with Gasteiger partial charge in [-0.3, -0.25) is 4.98 Å². The molecule has 0 aliphatic heterocycles. The third-order valence-electron chi connectivity index (χ3n) is 3.36. The molecule has 4 nitrogen and oxygen atoms in total. The van der Waals surface area contributed by atoms with Crippen molar-refractivity contribution in [1.82, 2.24) is 9.97 Å². The molecule has 110 valence electrons. The Balaban J connectivity index is 2.22. The van der Waals surface area contributed by atoms with E-state index >= 15 is 0 Å². The zero-order valence-electron chi connectivity index (χ0n) is 11.8. The van der Waals surface area contributed by atoms with Crippen molar-refractivity contribution in [2.45, 2.75) is 0 Å². The van der Waals surface area contributed by atoms with Crippen LogP contribution in [0.4, 0.5) is 0 Å². The molecule has 0 unspecified atom stereocenters. The number of H-pyrrole nitrogens is 1. The van der Waals surface area contributed by atoms with Crippen molar-refractivity contribution in [2.24, 2.45) is 0 Å². The smallest absolute Gasteiger partial charge is 0.330 e. The largest absolute Gasteiger partial charge is 0.466 e. The molecule has 1 N–H and O–H groups in total. The standard InChI is InChI=1S/C17H13ClN2O2/c1-22-16(21)5-3-13-14-10-12(18)2-4-15(14)20-17(13)11-6-8-19-9-7-11/h2-10,20H,1H3/b5-3+. The first kappa shape index (κ1) is 14.4. The number of nitrogens with zero attached hydrogens (tertiary/aromatic N) is 1. The van der Waals surface area contributed by atoms with E-state index in [1.807, 2.05) is 30.3 Å². The van der Waals surface area contributed by atoms with E-state index in [9.17, 15) is 4.79 Å². The highest BCUT2D eigenvalue weighted by atomic mass is 35.5. The second kappa shape index (κ2) is 6.03. The molecule has 0 radical (unpaired) electrons. The SMILES string of the molecule is COC(=O)/C=C/c1c(-c2ccncc2)[nH]c2ccc(Cl)cc12. The van der Waals surface area contributed by atoms with Crippen LogP contribution < -0.4 is 0 Å². The number of hydrogen-bond donors (Lipinski definition) is 1. The van der Waals surface area contributed by atoms with E-state index in [-0.39, 0.29) is 0 Å². The van der Waals surface area contributed by atoms with Gasteiger partial charge in [0.1, 0.15) is 0 Å². The topological polar surface area (TPSA) is 55.0 Å². The fourth-order valence-corrected chi connectivity index (χ4v) is 2.50. The molecule has 0 amide bonds. The van der Waals surface area contributed by atoms with E-state index in [1.165, 1.54) is 13.2 Å². The molecule has 22 heavy (non-hydrogen) atoms. The molecule has 0 aliphatic rings. The van der Waals surface area contributed by atoms with Crippen LogP contribution >= 0.6 is 11.6 Å². The van der Waals surface area contributed by atoms with Gasteiger partial charge in [0, 0.05) is 45.5 Å². The fourth-order valence-electron chi connectivity index (χ4n) is 2.32. The monoisotopic (exact) mass is 312 g/mol. The third-order valence-corrected chi connectivity index (χ3v) is 3.59. The van der Waals surface area contributed by atoms with E-state index in [2.05, 4.69) is 14.7 Å². The number of pyridine rings is 1. The number of methoxy groups -OCH3 is 1. The van der Waals surface area contributed by atoms with Crippen LogP contribution in [0.1, 0.15) is 5.56 Å². The van der Waals surface area contributed by atoms with E-state index in [0.717, 1.165) is 27.7 Å². The van der Waals surface area contributed by atoms with Crippen LogP contribution in [0.25, 0.3) is 28.2 Å². The lowest BCUT2D eigenvalue weighted by atomic mass is 10.1. The number of ether oxygens (including phenoxy) is 1. The highest BCUT2D eigenvalue weighted by Crippen LogP contribution is 2.32. The first-order chi connectivity index (χ1) is 10.7. The number of carbonyl (C=O) groups is 1. The predicted molar refractivity (Wildman–Crippen MR) is 87.6 cm³/mol. The van der Waals surface area contributed by atoms with Gasteiger partial charge < -0.3 is 9.72 Å². The van der Waals surface area contributed by atoms with Gasteiger partial charge in [0.25, 0.3) is 0 Å². The van der Waals surface area contributed by atoms with Gasteiger partial charge in [0.05, 0.1) is 12.8 Å². The average Bonchev–Trinajstić information content (AvgIpc) is 2.91. The average molecular weight is 313 g/mol. The normalized spacial score (nSPS) is 11.2. The lowest BCUT2D eigenvalue weighted by molar-refractivity contribution is -0.134. The second-order valence-corrected chi connectivity index (χ2v) is 5.13. The van der Waals surface area contributed by atoms with Crippen molar-refractivity contribution < 1.29 is 9.53 Å². The summed E-state index contributed by atoms with van der Waals surface area (Å²) in [4.78, 5) is 18.8. The van der Waals surface area contributed by atoms with Crippen LogP contribution in [0.15, 0.2) is 48.8 Å². The summed E-state index contributed by atoms with van der Waals surface area (Å²) in [6.07, 6.45) is 6.58. The number of esters is 1. The molecule has 2 aromatic heterocycles. The van der Waals surface area contributed by atoms with E-state index in [4.69, 9.17) is 11.6 Å². The minimum absolute atomic E-state index is 0.406. The highest BCUT2D eigenvalue weighted by molar-refractivity contribution is 6.31. The maximum Gasteiger partial charge on any atom is 0.330 e. The number of benzene rings is 1. The summed E-state index contributed by atoms with van der Waals surface area (Å²) in [6, 6.07) is 9.42. The first-order valence-corrected chi connectivity index (χ1v) is 7.04. The van der Waals surface area contributed by atoms with Crippen LogP contribution in [-0.4, -0.2) is 23.0 Å². The predicted octanol–water partition coefficient (Wildman–Crippen LogP) is 4.07. The molecule has 3 rings (SSSR count). The van der Waals surface area contributed by atoms with Gasteiger partial charge >= 0.3 is 5.97 Å². The van der Waals surface area contributed by atoms with E-state index in [1.54, 1.807) is 18.5 Å². The van der Waals surface area contributed by atoms with Crippen molar-refractivity contribution in [2.75, 3.05) is 7.11 Å². The zero-order valence-corrected chi connectivity index (χ0v) is 12.6. The number of aromatic amines is 1. The Morgan fingerprint density at radius 1 is 1.27 bits per heavy atom. The molecule has 3 aromatic rings. The van der Waals surface area contributed by atoms with Crippen molar-refractivity contribution >= 4 is 34.5 Å². The Kier molecular flexibility index (Phi) is 3.94. The molecule has 0 aliphatic carbocycles. The Bertz CT molecular complexity index is 854. The van der Waals surface area contributed by atoms with Crippen LogP contribution in [-0.2, 0) is 9.53 Å². The van der Waals surface area contributed by atoms with E-state index in [0.29, 0.717) is 5.02 Å². The number of hydrogen-bond acceptors (Lipinski definition) is 3. The molecule has 2 heterocycles. The molecule has 0 bridgehead atoms. The first-order valence-electron chi connectivity index (χ1n) is 6.66. The Hall–Kier alpha value is -2.59. The van der Waals surface area contributed by atoms with Crippen LogP contribution in [0.2, 0.25) is 5.02 Å². The number of carbonyl (C=O) groups excluding carboxylic acids is 1. The summed E-state index contributed by atoms with van der Waals surface area (Å²) in [7, 11) is 1.35. The Morgan fingerprint density at radius 3 is 2.77 bits per heavy atom. The molecule has 5 heteroatoms. The van der Waals surface area contributed by atoms with Crippen molar-refractivity contribution in [3.8, 4) is 11.3 Å². The summed E-state index contributed by atoms with van der Waals surface area (Å²) in [5, 5.41) is 1.58. The van der Waals surface area contributed by atoms with E-state index < -0.39 is 5.97 Å². The summed E-state index contributed by atoms with van der Waals surface area (Å²) in [5.74, 6) is -0.406. The number of halogens is 1. The second-order valence-electron chi connectivity index (χ2n) is 4.70. The summed E-state index contributed by atoms with van der Waals surface area (Å²) >= 11 is 6.10. The zero-order chi connectivity index (χ0) is 15.5. The van der Waals surface area contributed by atoms with Gasteiger partial charge in [0.15, 0.2) is 0 Å². The van der Waals surface area contributed by atoms with Crippen molar-refractivity contribution in [1.29, 1.82) is 0 Å². The summed E-state index contributed by atoms with van der Waals surface area (Å²) in [6.45, 7) is 0. The minimum Gasteiger partial charge on any atom is -0.466 e. The fraction of sp³-hybridized carbons (Fsp3) is 0.0588. The third kappa shape index (κ3) is 2.73. The molecular weight excluding hydrogens is 300 g/mol. The number of nitrogens with one attached hydrogen (secondary N) is 1. The van der Waals surface area contributed by atoms with Crippen LogP contribution in [0.3, 0.4) is 0 Å². The van der Waals surface area contributed by atoms with Gasteiger partial charge in [-0.1, -0.05) is 11.6 Å². The molecular formula is C17H13ClN2O2. The van der Waals surface area contributed by atoms with Crippen molar-refractivity contribution in [3.63, 3.8) is 0 Å². The molecule has 0 atom stereocenters. The van der Waals surface area contributed by atoms with Crippen LogP contribution in [0, 0.1) is 0 Å². The molecule has 1 aromatic carbocycles. The lowest BCUT2D eigenvalue weighted by Crippen LogP contribution is -1.93. The highest BCUT2D eigenvalue weighted by Gasteiger charge is 2.12. The maximum atomic E-state index is 11.4. The van der Waals surface area contributed by atoms with Crippen LogP contribution in [0.5, 0.6) is 0 Å². The number of aromatic nitrogens is 2. The maximum absolute atomic E-state index is 11.4. The van der Waals surface area contributed by atoms with Gasteiger partial charge in [0.2, 0.25) is 0 Å². The molecule has 0 saturated heterocycles. The van der Waals surface area contributed by atoms with Gasteiger partial charge in [-0.2, -0.15) is 0 Å². The number of fused-ring (bicyclic) bond motifs is 1. The molecule has 0 saturated carbocycles. The molecule has 0 spiro atoms. The Labute approximate surface area is 132 Å². The summed E-state index contributed by atoms with van der Waals surface area (Å²) in [5.41, 5.74) is 3.71. The summed E-state index contributed by atoms with van der Waals surface area (Å²) < 4.78 is 4.66. The number of rotatable bonds is 3. The molecule has 0 fully saturated rings. The quantitative estimate of drug-likeness (QED) is 0.586. The van der Waals surface area contributed by atoms with Gasteiger partial charge in [-0.05, 0) is 36.4 Å². The minimum atomic E-state index is -0.406. The lowest BCUT2D eigenvalue weighted by Gasteiger charge is -2.00. The van der Waals surface area contributed by atoms with Crippen molar-refractivity contribution in [3.05, 3.63) is 59.4 Å².